The summed E-state index contributed by atoms with van der Waals surface area (Å²) < 4.78 is 5.31. The van der Waals surface area contributed by atoms with E-state index in [9.17, 15) is 0 Å². The highest BCUT2D eigenvalue weighted by atomic mass is 16.5. The maximum atomic E-state index is 5.31. The van der Waals surface area contributed by atoms with Crippen LogP contribution in [0.25, 0.3) is 0 Å². The van der Waals surface area contributed by atoms with Crippen molar-refractivity contribution in [3.63, 3.8) is 0 Å². The summed E-state index contributed by atoms with van der Waals surface area (Å²) in [5.41, 5.74) is 0. The highest BCUT2D eigenvalue weighted by Gasteiger charge is 2.15. The molecule has 4 heteroatoms. The van der Waals surface area contributed by atoms with Crippen LogP contribution in [0.4, 0.5) is 11.6 Å². The minimum Gasteiger partial charge on any atom is -0.379 e. The molecule has 1 aliphatic heterocycles. The minimum atomic E-state index is 0.412. The van der Waals surface area contributed by atoms with Crippen LogP contribution < -0.4 is 10.2 Å². The highest BCUT2D eigenvalue weighted by Crippen LogP contribution is 2.15. The molecule has 1 N–H and O–H groups in total. The molecule has 1 aromatic heterocycles. The summed E-state index contributed by atoms with van der Waals surface area (Å²) in [5.74, 6) is 1.90. The molecule has 0 aromatic carbocycles. The number of nitrogens with zero attached hydrogens (tertiary/aromatic N) is 2. The number of rotatable bonds is 3. The minimum absolute atomic E-state index is 0.412. The van der Waals surface area contributed by atoms with Gasteiger partial charge in [-0.1, -0.05) is 6.07 Å². The van der Waals surface area contributed by atoms with Crippen LogP contribution in [0.15, 0.2) is 18.2 Å². The Morgan fingerprint density at radius 2 is 2.33 bits per heavy atom. The van der Waals surface area contributed by atoms with Gasteiger partial charge in [0.15, 0.2) is 0 Å². The smallest absolute Gasteiger partial charge is 0.130 e. The van der Waals surface area contributed by atoms with Crippen molar-refractivity contribution >= 4 is 11.6 Å². The van der Waals surface area contributed by atoms with Gasteiger partial charge in [-0.25, -0.2) is 4.98 Å². The molecule has 2 heterocycles. The topological polar surface area (TPSA) is 37.4 Å². The zero-order chi connectivity index (χ0) is 10.7. The standard InChI is InChI=1S/C11H17N3O/c1-14(2)11-5-3-4-10(13-11)12-9-6-7-15-8-9/h3-5,9H,6-8H2,1-2H3,(H,12,13). The van der Waals surface area contributed by atoms with Crippen molar-refractivity contribution in [2.45, 2.75) is 12.5 Å². The maximum absolute atomic E-state index is 5.31. The molecular formula is C11H17N3O. The van der Waals surface area contributed by atoms with Crippen LogP contribution in [0, 0.1) is 0 Å². The van der Waals surface area contributed by atoms with Gasteiger partial charge in [-0.15, -0.1) is 0 Å². The van der Waals surface area contributed by atoms with Gasteiger partial charge < -0.3 is 15.0 Å². The zero-order valence-corrected chi connectivity index (χ0v) is 9.23. The summed E-state index contributed by atoms with van der Waals surface area (Å²) in [4.78, 5) is 6.49. The molecule has 2 rings (SSSR count). The van der Waals surface area contributed by atoms with E-state index < -0.39 is 0 Å². The van der Waals surface area contributed by atoms with Crippen LogP contribution in [0.3, 0.4) is 0 Å². The molecular weight excluding hydrogens is 190 g/mol. The van der Waals surface area contributed by atoms with E-state index in [0.717, 1.165) is 31.3 Å². The quantitative estimate of drug-likeness (QED) is 0.811. The Bertz CT molecular complexity index is 321. The summed E-state index contributed by atoms with van der Waals surface area (Å²) in [6.45, 7) is 1.64. The number of nitrogens with one attached hydrogen (secondary N) is 1. The van der Waals surface area contributed by atoms with Gasteiger partial charge in [-0.05, 0) is 18.6 Å². The predicted molar refractivity (Wildman–Crippen MR) is 61.4 cm³/mol. The molecule has 0 bridgehead atoms. The molecule has 1 aromatic rings. The van der Waals surface area contributed by atoms with Gasteiger partial charge in [-0.3, -0.25) is 0 Å². The lowest BCUT2D eigenvalue weighted by Gasteiger charge is -2.15. The van der Waals surface area contributed by atoms with E-state index in [1.807, 2.05) is 37.2 Å². The van der Waals surface area contributed by atoms with Gasteiger partial charge in [-0.2, -0.15) is 0 Å². The lowest BCUT2D eigenvalue weighted by atomic mass is 10.2. The number of aromatic nitrogens is 1. The molecule has 0 aliphatic carbocycles. The molecule has 1 saturated heterocycles. The Morgan fingerprint density at radius 3 is 3.00 bits per heavy atom. The van der Waals surface area contributed by atoms with Crippen molar-refractivity contribution in [1.29, 1.82) is 0 Å². The molecule has 0 amide bonds. The molecule has 1 atom stereocenters. The van der Waals surface area contributed by atoms with Crippen LogP contribution >= 0.6 is 0 Å². The van der Waals surface area contributed by atoms with E-state index in [-0.39, 0.29) is 0 Å². The number of hydrogen-bond donors (Lipinski definition) is 1. The Balaban J connectivity index is 2.04. The SMILES string of the molecule is CN(C)c1cccc(NC2CCOC2)n1. The molecule has 1 unspecified atom stereocenters. The lowest BCUT2D eigenvalue weighted by Crippen LogP contribution is -2.20. The summed E-state index contributed by atoms with van der Waals surface area (Å²) in [6.07, 6.45) is 1.06. The average molecular weight is 207 g/mol. The second-order valence-corrected chi connectivity index (χ2v) is 3.98. The largest absolute Gasteiger partial charge is 0.379 e. The predicted octanol–water partition coefficient (Wildman–Crippen LogP) is 1.35. The number of ether oxygens (including phenoxy) is 1. The fraction of sp³-hybridized carbons (Fsp3) is 0.545. The molecule has 1 aliphatic rings. The van der Waals surface area contributed by atoms with Crippen LogP contribution in [0.1, 0.15) is 6.42 Å². The Labute approximate surface area is 90.3 Å². The third kappa shape index (κ3) is 2.59. The van der Waals surface area contributed by atoms with Crippen LogP contribution in [-0.2, 0) is 4.74 Å². The molecule has 0 spiro atoms. The fourth-order valence-corrected chi connectivity index (χ4v) is 1.61. The van der Waals surface area contributed by atoms with Gasteiger partial charge in [0.25, 0.3) is 0 Å². The van der Waals surface area contributed by atoms with Crippen molar-refractivity contribution in [2.24, 2.45) is 0 Å². The third-order valence-corrected chi connectivity index (χ3v) is 2.47. The van der Waals surface area contributed by atoms with Crippen molar-refractivity contribution in [3.8, 4) is 0 Å². The lowest BCUT2D eigenvalue weighted by molar-refractivity contribution is 0.195. The van der Waals surface area contributed by atoms with E-state index in [1.54, 1.807) is 0 Å². The average Bonchev–Trinajstić information content (AvgIpc) is 2.71. The van der Waals surface area contributed by atoms with Gasteiger partial charge >= 0.3 is 0 Å². The molecule has 0 radical (unpaired) electrons. The molecule has 4 nitrogen and oxygen atoms in total. The van der Waals surface area contributed by atoms with E-state index >= 15 is 0 Å². The molecule has 1 fully saturated rings. The van der Waals surface area contributed by atoms with Gasteiger partial charge in [0.1, 0.15) is 11.6 Å². The van der Waals surface area contributed by atoms with Crippen LogP contribution in [0.5, 0.6) is 0 Å². The Morgan fingerprint density at radius 1 is 1.47 bits per heavy atom. The van der Waals surface area contributed by atoms with Gasteiger partial charge in [0, 0.05) is 20.7 Å². The Hall–Kier alpha value is -1.29. The van der Waals surface area contributed by atoms with Crippen molar-refractivity contribution < 1.29 is 4.74 Å². The van der Waals surface area contributed by atoms with E-state index in [2.05, 4.69) is 10.3 Å². The second-order valence-electron chi connectivity index (χ2n) is 3.98. The number of hydrogen-bond acceptors (Lipinski definition) is 4. The summed E-state index contributed by atoms with van der Waals surface area (Å²) in [6, 6.07) is 6.41. The number of pyridine rings is 1. The Kier molecular flexibility index (Phi) is 3.06. The summed E-state index contributed by atoms with van der Waals surface area (Å²) in [5, 5.41) is 3.37. The van der Waals surface area contributed by atoms with Gasteiger partial charge in [0.2, 0.25) is 0 Å². The van der Waals surface area contributed by atoms with E-state index in [4.69, 9.17) is 4.74 Å². The van der Waals surface area contributed by atoms with Crippen molar-refractivity contribution in [3.05, 3.63) is 18.2 Å². The van der Waals surface area contributed by atoms with Gasteiger partial charge in [0.05, 0.1) is 12.6 Å². The maximum Gasteiger partial charge on any atom is 0.130 e. The highest BCUT2D eigenvalue weighted by molar-refractivity contribution is 5.46. The van der Waals surface area contributed by atoms with E-state index in [0.29, 0.717) is 6.04 Å². The van der Waals surface area contributed by atoms with Crippen LogP contribution in [0.2, 0.25) is 0 Å². The van der Waals surface area contributed by atoms with Crippen molar-refractivity contribution in [2.75, 3.05) is 37.5 Å². The first-order valence-corrected chi connectivity index (χ1v) is 5.24. The first-order valence-electron chi connectivity index (χ1n) is 5.24. The summed E-state index contributed by atoms with van der Waals surface area (Å²) >= 11 is 0. The monoisotopic (exact) mass is 207 g/mol. The fourth-order valence-electron chi connectivity index (χ4n) is 1.61. The zero-order valence-electron chi connectivity index (χ0n) is 9.23. The summed E-state index contributed by atoms with van der Waals surface area (Å²) in [7, 11) is 3.98. The second kappa shape index (κ2) is 4.49. The first kappa shape index (κ1) is 10.2. The molecule has 0 saturated carbocycles. The third-order valence-electron chi connectivity index (χ3n) is 2.47. The normalized spacial score (nSPS) is 20.3. The first-order chi connectivity index (χ1) is 7.25. The van der Waals surface area contributed by atoms with Crippen LogP contribution in [-0.4, -0.2) is 38.3 Å². The molecule has 82 valence electrons. The van der Waals surface area contributed by atoms with E-state index in [1.165, 1.54) is 0 Å². The number of anilines is 2. The van der Waals surface area contributed by atoms with Crippen molar-refractivity contribution in [1.82, 2.24) is 4.98 Å². The molecule has 15 heavy (non-hydrogen) atoms.